The molecule has 1 fully saturated rings. The molecule has 0 bridgehead atoms. The molecular weight excluding hydrogens is 282 g/mol. The highest BCUT2D eigenvalue weighted by atomic mass is 16.5. The lowest BCUT2D eigenvalue weighted by Crippen LogP contribution is -2.44. The molecule has 0 spiro atoms. The van der Waals surface area contributed by atoms with Crippen molar-refractivity contribution in [1.29, 1.82) is 0 Å². The van der Waals surface area contributed by atoms with Gasteiger partial charge in [-0.25, -0.2) is 4.79 Å². The lowest BCUT2D eigenvalue weighted by Gasteiger charge is -2.22. The maximum Gasteiger partial charge on any atom is 0.315 e. The van der Waals surface area contributed by atoms with E-state index >= 15 is 0 Å². The van der Waals surface area contributed by atoms with Crippen LogP contribution in [0.4, 0.5) is 4.79 Å². The molecule has 2 amide bonds. The summed E-state index contributed by atoms with van der Waals surface area (Å²) in [4.78, 5) is 11.8. The number of carbonyl (C=O) groups is 1. The third-order valence-corrected chi connectivity index (χ3v) is 4.52. The average Bonchev–Trinajstić information content (AvgIpc) is 3.15. The average molecular weight is 309 g/mol. The number of hydrogen-bond acceptors (Lipinski definition) is 4. The van der Waals surface area contributed by atoms with Crippen LogP contribution < -0.4 is 10.6 Å². The van der Waals surface area contributed by atoms with E-state index in [0.29, 0.717) is 24.8 Å². The van der Waals surface area contributed by atoms with Gasteiger partial charge in [0.1, 0.15) is 0 Å². The van der Waals surface area contributed by atoms with E-state index in [1.54, 1.807) is 0 Å². The molecule has 0 radical (unpaired) electrons. The lowest BCUT2D eigenvalue weighted by atomic mass is 9.99. The van der Waals surface area contributed by atoms with Gasteiger partial charge in [-0.15, -0.1) is 0 Å². The van der Waals surface area contributed by atoms with Gasteiger partial charge in [-0.05, 0) is 25.7 Å². The predicted octanol–water partition coefficient (Wildman–Crippen LogP) is 2.68. The molecule has 6 heteroatoms. The molecule has 2 rings (SSSR count). The topological polar surface area (TPSA) is 87.4 Å². The number of aromatic nitrogens is 1. The molecule has 0 aromatic carbocycles. The molecule has 1 aliphatic carbocycles. The molecule has 1 saturated carbocycles. The van der Waals surface area contributed by atoms with Gasteiger partial charge >= 0.3 is 6.03 Å². The summed E-state index contributed by atoms with van der Waals surface area (Å²) in [6.07, 6.45) is 5.61. The van der Waals surface area contributed by atoms with E-state index in [1.165, 1.54) is 0 Å². The number of rotatable bonds is 7. The number of aliphatic hydroxyl groups is 1. The Bertz CT molecular complexity index is 477. The number of nitrogens with one attached hydrogen (secondary N) is 2. The van der Waals surface area contributed by atoms with Crippen LogP contribution in [0, 0.1) is 0 Å². The van der Waals surface area contributed by atoms with Gasteiger partial charge in [0.15, 0.2) is 5.76 Å². The summed E-state index contributed by atoms with van der Waals surface area (Å²) in [5.41, 5.74) is 0.217. The van der Waals surface area contributed by atoms with E-state index in [-0.39, 0.29) is 6.03 Å². The van der Waals surface area contributed by atoms with E-state index in [4.69, 9.17) is 4.52 Å². The molecule has 0 aliphatic heterocycles. The van der Waals surface area contributed by atoms with Gasteiger partial charge < -0.3 is 20.3 Å². The maximum atomic E-state index is 11.8. The van der Waals surface area contributed by atoms with Gasteiger partial charge in [0.2, 0.25) is 0 Å². The van der Waals surface area contributed by atoms with Gasteiger partial charge in [-0.3, -0.25) is 0 Å². The quantitative estimate of drug-likeness (QED) is 0.722. The van der Waals surface area contributed by atoms with E-state index in [1.807, 2.05) is 6.07 Å². The Balaban J connectivity index is 1.74. The van der Waals surface area contributed by atoms with E-state index in [0.717, 1.165) is 44.2 Å². The second kappa shape index (κ2) is 7.63. The zero-order chi connectivity index (χ0) is 16.0. The summed E-state index contributed by atoms with van der Waals surface area (Å²) in [6.45, 7) is 4.86. The Morgan fingerprint density at radius 3 is 2.68 bits per heavy atom. The van der Waals surface area contributed by atoms with Crippen molar-refractivity contribution in [2.24, 2.45) is 0 Å². The van der Waals surface area contributed by atoms with Gasteiger partial charge in [-0.2, -0.15) is 0 Å². The van der Waals surface area contributed by atoms with Crippen molar-refractivity contribution in [2.75, 3.05) is 6.54 Å². The Hall–Kier alpha value is -1.56. The maximum absolute atomic E-state index is 11.8. The van der Waals surface area contributed by atoms with Crippen LogP contribution in [0.5, 0.6) is 0 Å². The number of amides is 2. The van der Waals surface area contributed by atoms with Gasteiger partial charge in [0.05, 0.1) is 17.8 Å². The monoisotopic (exact) mass is 309 g/mol. The molecule has 1 heterocycles. The minimum atomic E-state index is -0.730. The number of hydrogen-bond donors (Lipinski definition) is 3. The Morgan fingerprint density at radius 2 is 2.05 bits per heavy atom. The molecule has 0 unspecified atom stereocenters. The van der Waals surface area contributed by atoms with Crippen LogP contribution in [0.2, 0.25) is 0 Å². The summed E-state index contributed by atoms with van der Waals surface area (Å²) in [5.74, 6) is 1.06. The van der Waals surface area contributed by atoms with E-state index in [9.17, 15) is 9.90 Å². The van der Waals surface area contributed by atoms with Crippen molar-refractivity contribution in [1.82, 2.24) is 15.8 Å². The predicted molar refractivity (Wildman–Crippen MR) is 83.5 cm³/mol. The summed E-state index contributed by atoms with van der Waals surface area (Å²) in [6, 6.07) is 1.61. The first-order valence-electron chi connectivity index (χ1n) is 8.26. The van der Waals surface area contributed by atoms with Crippen molar-refractivity contribution < 1.29 is 14.4 Å². The van der Waals surface area contributed by atoms with Gasteiger partial charge in [0.25, 0.3) is 0 Å². The third-order valence-electron chi connectivity index (χ3n) is 4.52. The van der Waals surface area contributed by atoms with Crippen LogP contribution in [-0.4, -0.2) is 28.4 Å². The molecule has 1 aromatic heterocycles. The minimum Gasteiger partial charge on any atom is -0.388 e. The second-order valence-electron chi connectivity index (χ2n) is 6.20. The van der Waals surface area contributed by atoms with Crippen LogP contribution in [0.15, 0.2) is 10.6 Å². The lowest BCUT2D eigenvalue weighted by molar-refractivity contribution is 0.0501. The van der Waals surface area contributed by atoms with Gasteiger partial charge in [-0.1, -0.05) is 31.8 Å². The third kappa shape index (κ3) is 4.47. The highest BCUT2D eigenvalue weighted by Crippen LogP contribution is 2.28. The zero-order valence-electron chi connectivity index (χ0n) is 13.5. The zero-order valence-corrected chi connectivity index (χ0v) is 13.5. The Kier molecular flexibility index (Phi) is 5.83. The smallest absolute Gasteiger partial charge is 0.315 e. The van der Waals surface area contributed by atoms with Crippen LogP contribution in [0.25, 0.3) is 0 Å². The van der Waals surface area contributed by atoms with Crippen molar-refractivity contribution in [3.8, 4) is 0 Å². The molecule has 0 saturated heterocycles. The molecule has 1 aliphatic rings. The summed E-state index contributed by atoms with van der Waals surface area (Å²) in [7, 11) is 0. The number of urea groups is 1. The summed E-state index contributed by atoms with van der Waals surface area (Å²) >= 11 is 0. The van der Waals surface area contributed by atoms with Crippen molar-refractivity contribution in [3.05, 3.63) is 17.5 Å². The molecule has 0 atom stereocenters. The highest BCUT2D eigenvalue weighted by molar-refractivity contribution is 5.73. The largest absolute Gasteiger partial charge is 0.388 e. The molecule has 124 valence electrons. The Labute approximate surface area is 131 Å². The SMILES string of the molecule is CCC(CC)c1cc(CNC(=O)NCC2(O)CCCC2)on1. The number of nitrogens with zero attached hydrogens (tertiary/aromatic N) is 1. The first kappa shape index (κ1) is 16.8. The molecule has 3 N–H and O–H groups in total. The standard InChI is InChI=1S/C16H27N3O3/c1-3-12(4-2)14-9-13(22-19-14)10-17-15(20)18-11-16(21)7-5-6-8-16/h9,12,21H,3-8,10-11H2,1-2H3,(H2,17,18,20). The van der Waals surface area contributed by atoms with Crippen molar-refractivity contribution in [2.45, 2.75) is 70.4 Å². The molecule has 6 nitrogen and oxygen atoms in total. The normalized spacial score (nSPS) is 16.9. The fourth-order valence-electron chi connectivity index (χ4n) is 3.00. The molecular formula is C16H27N3O3. The highest BCUT2D eigenvalue weighted by Gasteiger charge is 2.31. The van der Waals surface area contributed by atoms with Crippen LogP contribution >= 0.6 is 0 Å². The van der Waals surface area contributed by atoms with Crippen molar-refractivity contribution in [3.63, 3.8) is 0 Å². The minimum absolute atomic E-state index is 0.291. The second-order valence-corrected chi connectivity index (χ2v) is 6.20. The van der Waals surface area contributed by atoms with Crippen LogP contribution in [0.3, 0.4) is 0 Å². The summed E-state index contributed by atoms with van der Waals surface area (Å²) < 4.78 is 5.26. The number of carbonyl (C=O) groups excluding carboxylic acids is 1. The molecule has 1 aromatic rings. The van der Waals surface area contributed by atoms with E-state index in [2.05, 4.69) is 29.6 Å². The Morgan fingerprint density at radius 1 is 1.36 bits per heavy atom. The van der Waals surface area contributed by atoms with Crippen LogP contribution in [-0.2, 0) is 6.54 Å². The first-order chi connectivity index (χ1) is 10.6. The van der Waals surface area contributed by atoms with Crippen LogP contribution in [0.1, 0.15) is 69.7 Å². The molecule has 22 heavy (non-hydrogen) atoms. The fraction of sp³-hybridized carbons (Fsp3) is 0.750. The fourth-order valence-corrected chi connectivity index (χ4v) is 3.00. The summed E-state index contributed by atoms with van der Waals surface area (Å²) in [5, 5.41) is 19.7. The van der Waals surface area contributed by atoms with Crippen molar-refractivity contribution >= 4 is 6.03 Å². The first-order valence-corrected chi connectivity index (χ1v) is 8.26. The van der Waals surface area contributed by atoms with Gasteiger partial charge in [0, 0.05) is 18.5 Å². The van der Waals surface area contributed by atoms with E-state index < -0.39 is 5.60 Å².